The molecular formula is C15H14ClNO2. The Labute approximate surface area is 117 Å². The number of nitrogens with zero attached hydrogens (tertiary/aromatic N) is 1. The topological polar surface area (TPSA) is 41.8 Å². The van der Waals surface area contributed by atoms with Gasteiger partial charge >= 0.3 is 0 Å². The van der Waals surface area contributed by atoms with Crippen LogP contribution in [0.15, 0.2) is 53.7 Å². The van der Waals surface area contributed by atoms with Crippen LogP contribution in [0, 0.1) is 0 Å². The van der Waals surface area contributed by atoms with Crippen LogP contribution in [0.2, 0.25) is 5.02 Å². The van der Waals surface area contributed by atoms with Gasteiger partial charge in [0, 0.05) is 17.0 Å². The lowest BCUT2D eigenvalue weighted by atomic mass is 10.2. The van der Waals surface area contributed by atoms with Crippen LogP contribution in [-0.2, 0) is 6.42 Å². The highest BCUT2D eigenvalue weighted by Gasteiger charge is 2.03. The van der Waals surface area contributed by atoms with Crippen LogP contribution in [0.4, 0.5) is 0 Å². The number of benzene rings is 2. The zero-order valence-electron chi connectivity index (χ0n) is 10.3. The maximum Gasteiger partial charge on any atom is 0.128 e. The minimum absolute atomic E-state index is 0.553. The van der Waals surface area contributed by atoms with Crippen molar-refractivity contribution in [3.05, 3.63) is 64.7 Å². The van der Waals surface area contributed by atoms with Crippen LogP contribution in [0.1, 0.15) is 11.1 Å². The summed E-state index contributed by atoms with van der Waals surface area (Å²) < 4.78 is 5.69. The monoisotopic (exact) mass is 275 g/mol. The summed E-state index contributed by atoms with van der Waals surface area (Å²) in [6.07, 6.45) is 2.13. The zero-order chi connectivity index (χ0) is 13.5. The molecule has 0 atom stereocenters. The van der Waals surface area contributed by atoms with Gasteiger partial charge in [-0.05, 0) is 23.8 Å². The molecule has 0 aliphatic heterocycles. The molecule has 2 aromatic carbocycles. The van der Waals surface area contributed by atoms with Gasteiger partial charge in [-0.2, -0.15) is 0 Å². The average Bonchev–Trinajstić information content (AvgIpc) is 2.43. The summed E-state index contributed by atoms with van der Waals surface area (Å²) in [5.41, 5.74) is 1.87. The molecule has 4 heteroatoms. The summed E-state index contributed by atoms with van der Waals surface area (Å²) in [4.78, 5) is 0. The van der Waals surface area contributed by atoms with E-state index in [1.165, 1.54) is 11.8 Å². The molecule has 2 rings (SSSR count). The van der Waals surface area contributed by atoms with E-state index in [0.29, 0.717) is 22.9 Å². The van der Waals surface area contributed by atoms with E-state index in [-0.39, 0.29) is 0 Å². The first-order valence-electron chi connectivity index (χ1n) is 5.93. The molecule has 0 aliphatic carbocycles. The van der Waals surface area contributed by atoms with Crippen molar-refractivity contribution in [1.82, 2.24) is 0 Å². The fraction of sp³-hybridized carbons (Fsp3) is 0.133. The van der Waals surface area contributed by atoms with Crippen molar-refractivity contribution < 1.29 is 9.94 Å². The lowest BCUT2D eigenvalue weighted by Crippen LogP contribution is -2.03. The van der Waals surface area contributed by atoms with Gasteiger partial charge in [-0.3, -0.25) is 0 Å². The number of hydrogen-bond acceptors (Lipinski definition) is 3. The van der Waals surface area contributed by atoms with Gasteiger partial charge in [0.15, 0.2) is 0 Å². The van der Waals surface area contributed by atoms with Gasteiger partial charge < -0.3 is 9.94 Å². The van der Waals surface area contributed by atoms with Gasteiger partial charge in [-0.25, -0.2) is 0 Å². The van der Waals surface area contributed by atoms with Gasteiger partial charge in [0.25, 0.3) is 0 Å². The molecule has 3 nitrogen and oxygen atoms in total. The maximum atomic E-state index is 8.61. The molecule has 0 unspecified atom stereocenters. The summed E-state index contributed by atoms with van der Waals surface area (Å²) in [5, 5.41) is 12.2. The van der Waals surface area contributed by atoms with E-state index in [1.54, 1.807) is 18.2 Å². The molecule has 0 aliphatic rings. The normalized spacial score (nSPS) is 10.8. The van der Waals surface area contributed by atoms with Crippen molar-refractivity contribution in [3.8, 4) is 5.75 Å². The molecule has 0 bridgehead atoms. The van der Waals surface area contributed by atoms with Gasteiger partial charge in [-0.15, -0.1) is 0 Å². The molecule has 0 spiro atoms. The van der Waals surface area contributed by atoms with Crippen LogP contribution in [0.5, 0.6) is 5.75 Å². The molecule has 0 heterocycles. The summed E-state index contributed by atoms with van der Waals surface area (Å²) in [5.74, 6) is 0.651. The standard InChI is InChI=1S/C15H14ClNO2/c16-14-6-7-15(13(10-14)11-17-18)19-9-8-12-4-2-1-3-5-12/h1-7,10-11,18H,8-9H2. The lowest BCUT2D eigenvalue weighted by Gasteiger charge is -2.09. The first-order chi connectivity index (χ1) is 9.29. The van der Waals surface area contributed by atoms with Crippen LogP contribution in [0.25, 0.3) is 0 Å². The van der Waals surface area contributed by atoms with E-state index in [2.05, 4.69) is 17.3 Å². The SMILES string of the molecule is ON=Cc1cc(Cl)ccc1OCCc1ccccc1. The molecule has 2 aromatic rings. The first kappa shape index (κ1) is 13.4. The Kier molecular flexibility index (Phi) is 4.81. The summed E-state index contributed by atoms with van der Waals surface area (Å²) >= 11 is 5.88. The fourth-order valence-corrected chi connectivity index (χ4v) is 1.92. The van der Waals surface area contributed by atoms with E-state index >= 15 is 0 Å². The number of halogens is 1. The molecule has 0 radical (unpaired) electrons. The van der Waals surface area contributed by atoms with Crippen molar-refractivity contribution in [1.29, 1.82) is 0 Å². The van der Waals surface area contributed by atoms with Crippen molar-refractivity contribution in [2.24, 2.45) is 5.16 Å². The number of ether oxygens (including phenoxy) is 1. The minimum atomic E-state index is 0.553. The third kappa shape index (κ3) is 4.00. The second-order valence-electron chi connectivity index (χ2n) is 4.01. The van der Waals surface area contributed by atoms with Crippen LogP contribution >= 0.6 is 11.6 Å². The third-order valence-electron chi connectivity index (χ3n) is 2.66. The molecule has 1 N–H and O–H groups in total. The molecule has 0 fully saturated rings. The Morgan fingerprint density at radius 2 is 1.95 bits per heavy atom. The fourth-order valence-electron chi connectivity index (χ4n) is 1.74. The number of rotatable bonds is 5. The van der Waals surface area contributed by atoms with Gasteiger partial charge in [-0.1, -0.05) is 47.1 Å². The Balaban J connectivity index is 1.99. The molecule has 98 valence electrons. The highest BCUT2D eigenvalue weighted by Crippen LogP contribution is 2.21. The number of hydrogen-bond donors (Lipinski definition) is 1. The molecule has 0 aromatic heterocycles. The summed E-state index contributed by atoms with van der Waals surface area (Å²) in [6.45, 7) is 0.553. The van der Waals surface area contributed by atoms with E-state index in [4.69, 9.17) is 21.5 Å². The highest BCUT2D eigenvalue weighted by atomic mass is 35.5. The van der Waals surface area contributed by atoms with Crippen molar-refractivity contribution in [2.45, 2.75) is 6.42 Å². The van der Waals surface area contributed by atoms with E-state index in [9.17, 15) is 0 Å². The lowest BCUT2D eigenvalue weighted by molar-refractivity contribution is 0.316. The van der Waals surface area contributed by atoms with Gasteiger partial charge in [0.1, 0.15) is 5.75 Å². The van der Waals surface area contributed by atoms with Crippen molar-refractivity contribution in [3.63, 3.8) is 0 Å². The van der Waals surface area contributed by atoms with Crippen molar-refractivity contribution >= 4 is 17.8 Å². The summed E-state index contributed by atoms with van der Waals surface area (Å²) in [7, 11) is 0. The zero-order valence-corrected chi connectivity index (χ0v) is 11.0. The minimum Gasteiger partial charge on any atom is -0.493 e. The van der Waals surface area contributed by atoms with Gasteiger partial charge in [0.2, 0.25) is 0 Å². The maximum absolute atomic E-state index is 8.61. The second kappa shape index (κ2) is 6.81. The highest BCUT2D eigenvalue weighted by molar-refractivity contribution is 6.30. The Morgan fingerprint density at radius 3 is 2.68 bits per heavy atom. The van der Waals surface area contributed by atoms with Crippen LogP contribution in [-0.4, -0.2) is 18.0 Å². The van der Waals surface area contributed by atoms with Gasteiger partial charge in [0.05, 0.1) is 12.8 Å². The smallest absolute Gasteiger partial charge is 0.128 e. The molecule has 0 saturated carbocycles. The van der Waals surface area contributed by atoms with E-state index in [0.717, 1.165) is 6.42 Å². The Hall–Kier alpha value is -2.00. The average molecular weight is 276 g/mol. The largest absolute Gasteiger partial charge is 0.493 e. The third-order valence-corrected chi connectivity index (χ3v) is 2.89. The quantitative estimate of drug-likeness (QED) is 0.513. The first-order valence-corrected chi connectivity index (χ1v) is 6.31. The molecule has 0 saturated heterocycles. The van der Waals surface area contributed by atoms with E-state index in [1.807, 2.05) is 18.2 Å². The Morgan fingerprint density at radius 1 is 1.16 bits per heavy atom. The number of oxime groups is 1. The molecule has 19 heavy (non-hydrogen) atoms. The Bertz CT molecular complexity index is 555. The van der Waals surface area contributed by atoms with Crippen LogP contribution in [0.3, 0.4) is 0 Å². The molecule has 0 amide bonds. The van der Waals surface area contributed by atoms with Crippen molar-refractivity contribution in [2.75, 3.05) is 6.61 Å². The van der Waals surface area contributed by atoms with E-state index < -0.39 is 0 Å². The molecular weight excluding hydrogens is 262 g/mol. The predicted octanol–water partition coefficient (Wildman–Crippen LogP) is 3.77. The second-order valence-corrected chi connectivity index (χ2v) is 4.45. The predicted molar refractivity (Wildman–Crippen MR) is 76.5 cm³/mol. The van der Waals surface area contributed by atoms with Crippen LogP contribution < -0.4 is 4.74 Å². The summed E-state index contributed by atoms with van der Waals surface area (Å²) in [6, 6.07) is 15.3.